The SMILES string of the molecule is CCNC(Cc1ccc([N+](=O)[O-])cc1)c1sc(C)nc1C. The number of thiazole rings is 1. The van der Waals surface area contributed by atoms with Crippen LogP contribution in [0.2, 0.25) is 0 Å². The second kappa shape index (κ2) is 6.78. The lowest BCUT2D eigenvalue weighted by molar-refractivity contribution is -0.384. The van der Waals surface area contributed by atoms with Crippen LogP contribution in [0.3, 0.4) is 0 Å². The Kier molecular flexibility index (Phi) is 5.03. The number of aryl methyl sites for hydroxylation is 2. The number of nitrogens with zero attached hydrogens (tertiary/aromatic N) is 2. The number of benzene rings is 1. The van der Waals surface area contributed by atoms with E-state index in [0.29, 0.717) is 0 Å². The van der Waals surface area contributed by atoms with E-state index in [1.165, 1.54) is 4.88 Å². The third-order valence-electron chi connectivity index (χ3n) is 3.29. The van der Waals surface area contributed by atoms with Gasteiger partial charge in [0.25, 0.3) is 5.69 Å². The Morgan fingerprint density at radius 1 is 1.33 bits per heavy atom. The standard InChI is InChI=1S/C15H19N3O2S/c1-4-16-14(15-10(2)17-11(3)21-15)9-12-5-7-13(8-6-12)18(19)20/h5-8,14,16H,4,9H2,1-3H3. The molecule has 1 aromatic carbocycles. The molecule has 0 bridgehead atoms. The van der Waals surface area contributed by atoms with Crippen molar-refractivity contribution in [2.24, 2.45) is 0 Å². The van der Waals surface area contributed by atoms with Crippen LogP contribution in [0.25, 0.3) is 0 Å². The summed E-state index contributed by atoms with van der Waals surface area (Å²) in [5.74, 6) is 0. The summed E-state index contributed by atoms with van der Waals surface area (Å²) in [5, 5.41) is 15.2. The van der Waals surface area contributed by atoms with Crippen molar-refractivity contribution in [3.8, 4) is 0 Å². The summed E-state index contributed by atoms with van der Waals surface area (Å²) < 4.78 is 0. The lowest BCUT2D eigenvalue weighted by atomic mass is 10.0. The van der Waals surface area contributed by atoms with Crippen molar-refractivity contribution in [2.45, 2.75) is 33.2 Å². The fourth-order valence-electron chi connectivity index (χ4n) is 2.36. The number of hydrogen-bond acceptors (Lipinski definition) is 5. The minimum absolute atomic E-state index is 0.128. The lowest BCUT2D eigenvalue weighted by Crippen LogP contribution is -2.22. The summed E-state index contributed by atoms with van der Waals surface area (Å²) in [6.45, 7) is 6.98. The Morgan fingerprint density at radius 2 is 2.00 bits per heavy atom. The molecule has 1 atom stereocenters. The van der Waals surface area contributed by atoms with Crippen LogP contribution in [-0.4, -0.2) is 16.5 Å². The molecule has 21 heavy (non-hydrogen) atoms. The molecule has 0 saturated heterocycles. The number of nitro benzene ring substituents is 1. The van der Waals surface area contributed by atoms with Gasteiger partial charge in [-0.05, 0) is 32.4 Å². The Bertz CT molecular complexity index is 622. The minimum Gasteiger partial charge on any atom is -0.309 e. The molecule has 1 aromatic heterocycles. The van der Waals surface area contributed by atoms with E-state index in [4.69, 9.17) is 0 Å². The Morgan fingerprint density at radius 3 is 2.48 bits per heavy atom. The lowest BCUT2D eigenvalue weighted by Gasteiger charge is -2.17. The largest absolute Gasteiger partial charge is 0.309 e. The fourth-order valence-corrected chi connectivity index (χ4v) is 3.37. The van der Waals surface area contributed by atoms with Crippen molar-refractivity contribution in [3.05, 3.63) is 55.5 Å². The molecule has 0 spiro atoms. The van der Waals surface area contributed by atoms with Crippen molar-refractivity contribution >= 4 is 17.0 Å². The molecule has 0 aliphatic carbocycles. The summed E-state index contributed by atoms with van der Waals surface area (Å²) in [6, 6.07) is 6.96. The van der Waals surface area contributed by atoms with Gasteiger partial charge in [0.1, 0.15) is 0 Å². The van der Waals surface area contributed by atoms with Gasteiger partial charge in [-0.15, -0.1) is 11.3 Å². The van der Waals surface area contributed by atoms with Crippen LogP contribution in [0.5, 0.6) is 0 Å². The maximum atomic E-state index is 10.7. The minimum atomic E-state index is -0.373. The van der Waals surface area contributed by atoms with E-state index in [0.717, 1.165) is 29.2 Å². The van der Waals surface area contributed by atoms with E-state index in [-0.39, 0.29) is 16.7 Å². The van der Waals surface area contributed by atoms with Gasteiger partial charge in [0.2, 0.25) is 0 Å². The van der Waals surface area contributed by atoms with Crippen LogP contribution in [0.1, 0.15) is 34.1 Å². The molecule has 112 valence electrons. The first kappa shape index (κ1) is 15.6. The predicted octanol–water partition coefficient (Wildman–Crippen LogP) is 3.56. The molecule has 0 radical (unpaired) electrons. The predicted molar refractivity (Wildman–Crippen MR) is 84.8 cm³/mol. The zero-order valence-corrected chi connectivity index (χ0v) is 13.2. The highest BCUT2D eigenvalue weighted by molar-refractivity contribution is 7.11. The van der Waals surface area contributed by atoms with E-state index in [9.17, 15) is 10.1 Å². The van der Waals surface area contributed by atoms with Gasteiger partial charge in [0.05, 0.1) is 15.6 Å². The average molecular weight is 305 g/mol. The molecule has 0 amide bonds. The molecule has 0 fully saturated rings. The summed E-state index contributed by atoms with van der Waals surface area (Å²) in [5.41, 5.74) is 2.27. The maximum Gasteiger partial charge on any atom is 0.269 e. The topological polar surface area (TPSA) is 68.1 Å². The van der Waals surface area contributed by atoms with Crippen molar-refractivity contribution < 1.29 is 4.92 Å². The van der Waals surface area contributed by atoms with E-state index in [1.807, 2.05) is 26.0 Å². The van der Waals surface area contributed by atoms with E-state index >= 15 is 0 Å². The molecule has 2 aromatic rings. The van der Waals surface area contributed by atoms with Crippen molar-refractivity contribution in [3.63, 3.8) is 0 Å². The van der Waals surface area contributed by atoms with Crippen LogP contribution >= 0.6 is 11.3 Å². The summed E-state index contributed by atoms with van der Waals surface area (Å²) in [7, 11) is 0. The van der Waals surface area contributed by atoms with Gasteiger partial charge in [0, 0.05) is 23.1 Å². The second-order valence-corrected chi connectivity index (χ2v) is 6.16. The molecule has 0 aliphatic rings. The number of nitrogens with one attached hydrogen (secondary N) is 1. The Hall–Kier alpha value is -1.79. The molecular weight excluding hydrogens is 286 g/mol. The maximum absolute atomic E-state index is 10.7. The molecular formula is C15H19N3O2S. The van der Waals surface area contributed by atoms with Crippen LogP contribution < -0.4 is 5.32 Å². The number of non-ortho nitro benzene ring substituents is 1. The van der Waals surface area contributed by atoms with Crippen LogP contribution in [0.15, 0.2) is 24.3 Å². The summed E-state index contributed by atoms with van der Waals surface area (Å²) >= 11 is 1.71. The average Bonchev–Trinajstić information content (AvgIpc) is 2.78. The molecule has 1 heterocycles. The number of rotatable bonds is 6. The smallest absolute Gasteiger partial charge is 0.269 e. The van der Waals surface area contributed by atoms with Gasteiger partial charge in [0.15, 0.2) is 0 Å². The first-order valence-corrected chi connectivity index (χ1v) is 7.73. The monoisotopic (exact) mass is 305 g/mol. The zero-order chi connectivity index (χ0) is 15.4. The first-order chi connectivity index (χ1) is 10.0. The van der Waals surface area contributed by atoms with Crippen molar-refractivity contribution in [1.29, 1.82) is 0 Å². The highest BCUT2D eigenvalue weighted by atomic mass is 32.1. The molecule has 1 unspecified atom stereocenters. The molecule has 2 rings (SSSR count). The Labute approximate surface area is 128 Å². The van der Waals surface area contributed by atoms with Crippen molar-refractivity contribution in [1.82, 2.24) is 10.3 Å². The van der Waals surface area contributed by atoms with Gasteiger partial charge in [-0.3, -0.25) is 10.1 Å². The normalized spacial score (nSPS) is 12.3. The third-order valence-corrected chi connectivity index (χ3v) is 4.48. The van der Waals surface area contributed by atoms with Crippen LogP contribution in [-0.2, 0) is 6.42 Å². The number of likely N-dealkylation sites (N-methyl/N-ethyl adjacent to an activating group) is 1. The fraction of sp³-hybridized carbons (Fsp3) is 0.400. The summed E-state index contributed by atoms with van der Waals surface area (Å²) in [6.07, 6.45) is 0.800. The number of nitro groups is 1. The van der Waals surface area contributed by atoms with Gasteiger partial charge >= 0.3 is 0 Å². The van der Waals surface area contributed by atoms with Crippen LogP contribution in [0.4, 0.5) is 5.69 Å². The van der Waals surface area contributed by atoms with Gasteiger partial charge in [-0.2, -0.15) is 0 Å². The van der Waals surface area contributed by atoms with E-state index < -0.39 is 0 Å². The Balaban J connectivity index is 2.20. The van der Waals surface area contributed by atoms with Gasteiger partial charge in [-0.1, -0.05) is 19.1 Å². The van der Waals surface area contributed by atoms with E-state index in [2.05, 4.69) is 17.2 Å². The van der Waals surface area contributed by atoms with Crippen LogP contribution in [0, 0.1) is 24.0 Å². The highest BCUT2D eigenvalue weighted by Gasteiger charge is 2.17. The first-order valence-electron chi connectivity index (χ1n) is 6.92. The number of aromatic nitrogens is 1. The highest BCUT2D eigenvalue weighted by Crippen LogP contribution is 2.28. The molecule has 0 saturated carbocycles. The quantitative estimate of drug-likeness (QED) is 0.654. The second-order valence-electron chi connectivity index (χ2n) is 4.92. The van der Waals surface area contributed by atoms with Crippen molar-refractivity contribution in [2.75, 3.05) is 6.54 Å². The molecule has 0 aliphatic heterocycles. The molecule has 5 nitrogen and oxygen atoms in total. The summed E-state index contributed by atoms with van der Waals surface area (Å²) in [4.78, 5) is 16.0. The zero-order valence-electron chi connectivity index (χ0n) is 12.4. The number of hydrogen-bond donors (Lipinski definition) is 1. The molecule has 6 heteroatoms. The van der Waals surface area contributed by atoms with E-state index in [1.54, 1.807) is 23.5 Å². The molecule has 1 N–H and O–H groups in total. The third kappa shape index (κ3) is 3.86. The van der Waals surface area contributed by atoms with Gasteiger partial charge < -0.3 is 5.32 Å². The van der Waals surface area contributed by atoms with Gasteiger partial charge in [-0.25, -0.2) is 4.98 Å².